The predicted molar refractivity (Wildman–Crippen MR) is 50.5 cm³/mol. The van der Waals surface area contributed by atoms with Gasteiger partial charge in [-0.1, -0.05) is 43.6 Å². The molecule has 0 bridgehead atoms. The fourth-order valence-corrected chi connectivity index (χ4v) is 1.98. The molecule has 0 N–H and O–H groups in total. The zero-order valence-corrected chi connectivity index (χ0v) is 7.69. The number of allylic oxidation sites excluding steroid dienone is 3. The molecule has 0 saturated carbocycles. The summed E-state index contributed by atoms with van der Waals surface area (Å²) in [7, 11) is 0. The molecular weight excluding hydrogens is 132 g/mol. The summed E-state index contributed by atoms with van der Waals surface area (Å²) in [6.45, 7) is 8.50. The van der Waals surface area contributed by atoms with Crippen molar-refractivity contribution in [1.29, 1.82) is 0 Å². The summed E-state index contributed by atoms with van der Waals surface area (Å²) in [5.41, 5.74) is 2.84. The molecule has 0 radical (unpaired) electrons. The number of hydrogen-bond donors (Lipinski definition) is 0. The van der Waals surface area contributed by atoms with Crippen LogP contribution in [0.4, 0.5) is 0 Å². The molecule has 0 nitrogen and oxygen atoms in total. The quantitative estimate of drug-likeness (QED) is 0.563. The molecule has 0 fully saturated rings. The van der Waals surface area contributed by atoms with Crippen LogP contribution in [0.3, 0.4) is 0 Å². The second-order valence-corrected chi connectivity index (χ2v) is 3.71. The van der Waals surface area contributed by atoms with E-state index in [0.717, 1.165) is 5.92 Å². The topological polar surface area (TPSA) is 0 Å². The lowest BCUT2D eigenvalue weighted by atomic mass is 9.84. The molecule has 1 rings (SSSR count). The average Bonchev–Trinajstić information content (AvgIpc) is 1.85. The fraction of sp³-hybridized carbons (Fsp3) is 0.636. The minimum atomic E-state index is 0.887. The zero-order chi connectivity index (χ0) is 8.27. The van der Waals surface area contributed by atoms with Crippen LogP contribution in [0.25, 0.3) is 0 Å². The van der Waals surface area contributed by atoms with Crippen molar-refractivity contribution in [3.05, 3.63) is 23.8 Å². The average molecular weight is 150 g/mol. The van der Waals surface area contributed by atoms with Crippen molar-refractivity contribution in [3.8, 4) is 0 Å². The molecule has 0 heterocycles. The highest BCUT2D eigenvalue weighted by Crippen LogP contribution is 2.29. The third kappa shape index (κ3) is 2.53. The molecule has 1 aliphatic rings. The Kier molecular flexibility index (Phi) is 2.92. The molecule has 0 aromatic carbocycles. The normalized spacial score (nSPS) is 25.1. The Bertz CT molecular complexity index is 174. The van der Waals surface area contributed by atoms with Crippen LogP contribution in [0, 0.1) is 5.92 Å². The highest BCUT2D eigenvalue weighted by Gasteiger charge is 2.13. The first-order chi connectivity index (χ1) is 5.22. The molecular formula is C11H18. The molecule has 1 unspecified atom stereocenters. The lowest BCUT2D eigenvalue weighted by molar-refractivity contribution is 0.464. The minimum Gasteiger partial charge on any atom is -0.0958 e. The lowest BCUT2D eigenvalue weighted by Crippen LogP contribution is -2.06. The Morgan fingerprint density at radius 3 is 2.82 bits per heavy atom. The smallest absolute Gasteiger partial charge is 0.0253 e. The summed E-state index contributed by atoms with van der Waals surface area (Å²) in [6, 6.07) is 0. The van der Waals surface area contributed by atoms with Crippen molar-refractivity contribution in [2.75, 3.05) is 0 Å². The third-order valence-electron chi connectivity index (χ3n) is 2.31. The highest BCUT2D eigenvalue weighted by molar-refractivity contribution is 5.24. The van der Waals surface area contributed by atoms with Crippen LogP contribution in [0.2, 0.25) is 0 Å². The molecule has 0 aliphatic heterocycles. The van der Waals surface area contributed by atoms with Crippen LogP contribution in [-0.4, -0.2) is 0 Å². The molecule has 0 aromatic heterocycles. The summed E-state index contributed by atoms with van der Waals surface area (Å²) in [5, 5.41) is 0. The zero-order valence-electron chi connectivity index (χ0n) is 7.69. The summed E-state index contributed by atoms with van der Waals surface area (Å²) in [5.74, 6) is 0.887. The van der Waals surface area contributed by atoms with Gasteiger partial charge in [0.2, 0.25) is 0 Å². The molecule has 11 heavy (non-hydrogen) atoms. The van der Waals surface area contributed by atoms with Crippen molar-refractivity contribution in [1.82, 2.24) is 0 Å². The van der Waals surface area contributed by atoms with Gasteiger partial charge in [0.25, 0.3) is 0 Å². The van der Waals surface area contributed by atoms with Gasteiger partial charge in [-0.3, -0.25) is 0 Å². The van der Waals surface area contributed by atoms with E-state index in [2.05, 4.69) is 26.5 Å². The molecule has 0 amide bonds. The SMILES string of the molecule is C=C1C=C(C)CC(CCC)C1. The van der Waals surface area contributed by atoms with Gasteiger partial charge >= 0.3 is 0 Å². The van der Waals surface area contributed by atoms with Gasteiger partial charge in [0.1, 0.15) is 0 Å². The lowest BCUT2D eigenvalue weighted by Gasteiger charge is -2.21. The van der Waals surface area contributed by atoms with Crippen molar-refractivity contribution in [2.24, 2.45) is 5.92 Å². The molecule has 0 heteroatoms. The second kappa shape index (κ2) is 3.75. The van der Waals surface area contributed by atoms with Crippen molar-refractivity contribution in [2.45, 2.75) is 39.5 Å². The van der Waals surface area contributed by atoms with Gasteiger partial charge in [0, 0.05) is 0 Å². The van der Waals surface area contributed by atoms with Gasteiger partial charge in [-0.15, -0.1) is 0 Å². The predicted octanol–water partition coefficient (Wildman–Crippen LogP) is 3.70. The van der Waals surface area contributed by atoms with E-state index in [-0.39, 0.29) is 0 Å². The first-order valence-corrected chi connectivity index (χ1v) is 4.57. The summed E-state index contributed by atoms with van der Waals surface area (Å²) >= 11 is 0. The van der Waals surface area contributed by atoms with Crippen molar-refractivity contribution < 1.29 is 0 Å². The summed E-state index contributed by atoms with van der Waals surface area (Å²) in [4.78, 5) is 0. The molecule has 0 saturated heterocycles. The third-order valence-corrected chi connectivity index (χ3v) is 2.31. The first-order valence-electron chi connectivity index (χ1n) is 4.57. The van der Waals surface area contributed by atoms with Gasteiger partial charge in [-0.05, 0) is 25.7 Å². The van der Waals surface area contributed by atoms with E-state index in [0.29, 0.717) is 0 Å². The maximum atomic E-state index is 4.02. The molecule has 0 aromatic rings. The summed E-state index contributed by atoms with van der Waals surface area (Å²) < 4.78 is 0. The molecule has 62 valence electrons. The largest absolute Gasteiger partial charge is 0.0958 e. The highest BCUT2D eigenvalue weighted by atomic mass is 14.2. The number of hydrogen-bond acceptors (Lipinski definition) is 0. The van der Waals surface area contributed by atoms with Gasteiger partial charge in [-0.2, -0.15) is 0 Å². The van der Waals surface area contributed by atoms with E-state index >= 15 is 0 Å². The first kappa shape index (κ1) is 8.58. The second-order valence-electron chi connectivity index (χ2n) is 3.71. The van der Waals surface area contributed by atoms with Crippen LogP contribution >= 0.6 is 0 Å². The van der Waals surface area contributed by atoms with Crippen LogP contribution < -0.4 is 0 Å². The van der Waals surface area contributed by atoms with Crippen molar-refractivity contribution >= 4 is 0 Å². The Balaban J connectivity index is 2.50. The fourth-order valence-electron chi connectivity index (χ4n) is 1.98. The molecule has 0 spiro atoms. The van der Waals surface area contributed by atoms with Crippen LogP contribution in [0.5, 0.6) is 0 Å². The maximum Gasteiger partial charge on any atom is -0.0253 e. The van der Waals surface area contributed by atoms with Crippen LogP contribution in [0.1, 0.15) is 39.5 Å². The van der Waals surface area contributed by atoms with Gasteiger partial charge in [-0.25, -0.2) is 0 Å². The van der Waals surface area contributed by atoms with E-state index in [1.165, 1.54) is 36.8 Å². The van der Waals surface area contributed by atoms with Crippen LogP contribution in [-0.2, 0) is 0 Å². The molecule has 1 aliphatic carbocycles. The number of rotatable bonds is 2. The van der Waals surface area contributed by atoms with E-state index in [9.17, 15) is 0 Å². The van der Waals surface area contributed by atoms with Gasteiger partial charge in [0.15, 0.2) is 0 Å². The van der Waals surface area contributed by atoms with Crippen LogP contribution in [0.15, 0.2) is 23.8 Å². The Morgan fingerprint density at radius 2 is 2.27 bits per heavy atom. The minimum absolute atomic E-state index is 0.887. The van der Waals surface area contributed by atoms with E-state index in [4.69, 9.17) is 0 Å². The maximum absolute atomic E-state index is 4.02. The Morgan fingerprint density at radius 1 is 1.55 bits per heavy atom. The van der Waals surface area contributed by atoms with E-state index in [1.807, 2.05) is 0 Å². The molecule has 1 atom stereocenters. The van der Waals surface area contributed by atoms with E-state index < -0.39 is 0 Å². The van der Waals surface area contributed by atoms with Crippen molar-refractivity contribution in [3.63, 3.8) is 0 Å². The Hall–Kier alpha value is -0.520. The Labute approximate surface area is 70.0 Å². The standard InChI is InChI=1S/C11H18/c1-4-5-11-7-9(2)6-10(3)8-11/h6,11H,2,4-5,7-8H2,1,3H3. The van der Waals surface area contributed by atoms with Gasteiger partial charge in [0.05, 0.1) is 0 Å². The van der Waals surface area contributed by atoms with E-state index in [1.54, 1.807) is 0 Å². The summed E-state index contributed by atoms with van der Waals surface area (Å²) in [6.07, 6.45) is 7.44. The van der Waals surface area contributed by atoms with Gasteiger partial charge < -0.3 is 0 Å². The monoisotopic (exact) mass is 150 g/mol.